The zero-order valence-corrected chi connectivity index (χ0v) is 20.7. The van der Waals surface area contributed by atoms with Gasteiger partial charge in [-0.15, -0.1) is 0 Å². The number of alkyl halides is 3. The number of carbonyl (C=O) groups is 1. The smallest absolute Gasteiger partial charge is 0.416 e. The zero-order chi connectivity index (χ0) is 25.8. The molecule has 1 amide bonds. The molecular formula is C25H29F3N2O4S. The highest BCUT2D eigenvalue weighted by molar-refractivity contribution is 7.89. The Labute approximate surface area is 203 Å². The Hall–Kier alpha value is -2.85. The molecule has 1 heterocycles. The van der Waals surface area contributed by atoms with E-state index in [0.717, 1.165) is 37.8 Å². The molecule has 0 atom stereocenters. The molecule has 10 heteroatoms. The second-order valence-electron chi connectivity index (χ2n) is 8.36. The topological polar surface area (TPSA) is 79.6 Å². The average molecular weight is 511 g/mol. The summed E-state index contributed by atoms with van der Waals surface area (Å²) in [6.07, 6.45) is -1.32. The Morgan fingerprint density at radius 1 is 1.03 bits per heavy atom. The maximum atomic E-state index is 13.3. The largest absolute Gasteiger partial charge is 0.451 e. The predicted molar refractivity (Wildman–Crippen MR) is 129 cm³/mol. The fraction of sp³-hybridized carbons (Fsp3) is 0.400. The second-order valence-corrected chi connectivity index (χ2v) is 10.3. The van der Waals surface area contributed by atoms with Crippen molar-refractivity contribution < 1.29 is 30.8 Å². The van der Waals surface area contributed by atoms with Crippen LogP contribution in [0, 0.1) is 6.92 Å². The van der Waals surface area contributed by atoms with Crippen LogP contribution in [0.1, 0.15) is 61.2 Å². The third-order valence-corrected chi connectivity index (χ3v) is 7.62. The van der Waals surface area contributed by atoms with Crippen LogP contribution in [0.5, 0.6) is 0 Å². The van der Waals surface area contributed by atoms with Gasteiger partial charge in [-0.05, 0) is 56.2 Å². The van der Waals surface area contributed by atoms with Crippen LogP contribution in [0.15, 0.2) is 51.8 Å². The molecule has 0 radical (unpaired) electrons. The van der Waals surface area contributed by atoms with Gasteiger partial charge in [0.2, 0.25) is 10.0 Å². The SMILES string of the molecule is CCCCN(CCCC)S(=O)(=O)c1ccc2oc(C(=O)Nc3cccc(C(F)(F)F)c3)c(C)c2c1. The monoisotopic (exact) mass is 510 g/mol. The van der Waals surface area contributed by atoms with Crippen molar-refractivity contribution >= 4 is 32.6 Å². The van der Waals surface area contributed by atoms with Crippen LogP contribution in [0.2, 0.25) is 0 Å². The first-order valence-corrected chi connectivity index (χ1v) is 12.9. The van der Waals surface area contributed by atoms with Gasteiger partial charge in [-0.2, -0.15) is 17.5 Å². The number of hydrogen-bond donors (Lipinski definition) is 1. The Balaban J connectivity index is 1.91. The van der Waals surface area contributed by atoms with Crippen molar-refractivity contribution in [1.82, 2.24) is 4.31 Å². The third kappa shape index (κ3) is 6.05. The summed E-state index contributed by atoms with van der Waals surface area (Å²) in [4.78, 5) is 12.9. The first-order valence-electron chi connectivity index (χ1n) is 11.5. The van der Waals surface area contributed by atoms with Crippen LogP contribution in [-0.2, 0) is 16.2 Å². The number of benzene rings is 2. The summed E-state index contributed by atoms with van der Waals surface area (Å²) in [5.74, 6) is -0.823. The molecule has 0 saturated carbocycles. The summed E-state index contributed by atoms with van der Waals surface area (Å²) in [5, 5.41) is 2.87. The number of unbranched alkanes of at least 4 members (excludes halogenated alkanes) is 2. The van der Waals surface area contributed by atoms with Crippen molar-refractivity contribution in [1.29, 1.82) is 0 Å². The number of anilines is 1. The Kier molecular flexibility index (Phi) is 8.27. The van der Waals surface area contributed by atoms with Gasteiger partial charge < -0.3 is 9.73 Å². The molecule has 0 aliphatic carbocycles. The van der Waals surface area contributed by atoms with Gasteiger partial charge >= 0.3 is 6.18 Å². The van der Waals surface area contributed by atoms with E-state index >= 15 is 0 Å². The normalized spacial score (nSPS) is 12.4. The van der Waals surface area contributed by atoms with Crippen LogP contribution in [0.25, 0.3) is 11.0 Å². The molecule has 3 aromatic rings. The summed E-state index contributed by atoms with van der Waals surface area (Å²) in [7, 11) is -3.75. The van der Waals surface area contributed by atoms with E-state index in [1.54, 1.807) is 6.92 Å². The minimum absolute atomic E-state index is 0.0320. The summed E-state index contributed by atoms with van der Waals surface area (Å²) < 4.78 is 72.7. The van der Waals surface area contributed by atoms with Crippen molar-refractivity contribution in [2.24, 2.45) is 0 Å². The second kappa shape index (κ2) is 10.8. The first-order chi connectivity index (χ1) is 16.5. The molecule has 0 aliphatic rings. The number of nitrogens with one attached hydrogen (secondary N) is 1. The lowest BCUT2D eigenvalue weighted by Crippen LogP contribution is -2.33. The van der Waals surface area contributed by atoms with E-state index in [9.17, 15) is 26.4 Å². The number of furan rings is 1. The predicted octanol–water partition coefficient (Wildman–Crippen LogP) is 6.60. The number of halogens is 3. The summed E-state index contributed by atoms with van der Waals surface area (Å²) >= 11 is 0. The maximum absolute atomic E-state index is 13.3. The standard InChI is InChI=1S/C25H29F3N2O4S/c1-4-6-13-30(14-7-5-2)35(32,33)20-11-12-22-21(16-20)17(3)23(34-22)24(31)29-19-10-8-9-18(15-19)25(26,27)28/h8-12,15-16H,4-7,13-14H2,1-3H3,(H,29,31). The molecule has 6 nitrogen and oxygen atoms in total. The van der Waals surface area contributed by atoms with E-state index in [4.69, 9.17) is 4.42 Å². The number of hydrogen-bond acceptors (Lipinski definition) is 4. The van der Waals surface area contributed by atoms with Crippen LogP contribution in [-0.4, -0.2) is 31.7 Å². The number of carbonyl (C=O) groups excluding carboxylic acids is 1. The molecule has 35 heavy (non-hydrogen) atoms. The number of aryl methyl sites for hydroxylation is 1. The van der Waals surface area contributed by atoms with Crippen LogP contribution in [0.4, 0.5) is 18.9 Å². The lowest BCUT2D eigenvalue weighted by Gasteiger charge is -2.22. The van der Waals surface area contributed by atoms with Crippen LogP contribution >= 0.6 is 0 Å². The van der Waals surface area contributed by atoms with Gasteiger partial charge in [-0.25, -0.2) is 8.42 Å². The molecule has 0 unspecified atom stereocenters. The number of sulfonamides is 1. The molecule has 1 N–H and O–H groups in total. The Bertz CT molecular complexity index is 1290. The molecule has 190 valence electrons. The Morgan fingerprint density at radius 3 is 2.29 bits per heavy atom. The van der Waals surface area contributed by atoms with Gasteiger partial charge in [0, 0.05) is 29.7 Å². The van der Waals surface area contributed by atoms with E-state index < -0.39 is 27.7 Å². The van der Waals surface area contributed by atoms with Gasteiger partial charge in [-0.3, -0.25) is 4.79 Å². The van der Waals surface area contributed by atoms with Gasteiger partial charge in [0.15, 0.2) is 5.76 Å². The highest BCUT2D eigenvalue weighted by atomic mass is 32.2. The third-order valence-electron chi connectivity index (χ3n) is 5.72. The number of amides is 1. The molecule has 0 bridgehead atoms. The minimum atomic E-state index is -4.54. The van der Waals surface area contributed by atoms with Crippen molar-refractivity contribution in [3.8, 4) is 0 Å². The van der Waals surface area contributed by atoms with E-state index in [1.807, 2.05) is 13.8 Å². The van der Waals surface area contributed by atoms with Gasteiger partial charge in [-0.1, -0.05) is 32.8 Å². The quantitative estimate of drug-likeness (QED) is 0.333. The van der Waals surface area contributed by atoms with Gasteiger partial charge in [0.25, 0.3) is 5.91 Å². The van der Waals surface area contributed by atoms with Gasteiger partial charge in [0.1, 0.15) is 5.58 Å². The lowest BCUT2D eigenvalue weighted by atomic mass is 10.1. The summed E-state index contributed by atoms with van der Waals surface area (Å²) in [6.45, 7) is 6.45. The molecule has 1 aromatic heterocycles. The fourth-order valence-electron chi connectivity index (χ4n) is 3.71. The fourth-order valence-corrected chi connectivity index (χ4v) is 5.25. The maximum Gasteiger partial charge on any atom is 0.416 e. The summed E-state index contributed by atoms with van der Waals surface area (Å²) in [5.41, 5.74) is -0.211. The summed E-state index contributed by atoms with van der Waals surface area (Å²) in [6, 6.07) is 8.71. The van der Waals surface area contributed by atoms with Crippen LogP contribution < -0.4 is 5.32 Å². The molecule has 2 aromatic carbocycles. The minimum Gasteiger partial charge on any atom is -0.451 e. The van der Waals surface area contributed by atoms with E-state index in [0.29, 0.717) is 29.6 Å². The van der Waals surface area contributed by atoms with E-state index in [-0.39, 0.29) is 16.3 Å². The number of rotatable bonds is 10. The van der Waals surface area contributed by atoms with Crippen LogP contribution in [0.3, 0.4) is 0 Å². The number of fused-ring (bicyclic) bond motifs is 1. The lowest BCUT2D eigenvalue weighted by molar-refractivity contribution is -0.137. The van der Waals surface area contributed by atoms with Crippen molar-refractivity contribution in [3.05, 3.63) is 59.4 Å². The molecule has 0 saturated heterocycles. The molecule has 0 fully saturated rings. The zero-order valence-electron chi connectivity index (χ0n) is 19.9. The number of nitrogens with zero attached hydrogens (tertiary/aromatic N) is 1. The first kappa shape index (κ1) is 26.7. The van der Waals surface area contributed by atoms with Crippen molar-refractivity contribution in [2.45, 2.75) is 57.5 Å². The van der Waals surface area contributed by atoms with E-state index in [2.05, 4.69) is 5.32 Å². The van der Waals surface area contributed by atoms with Gasteiger partial charge in [0.05, 0.1) is 10.5 Å². The average Bonchev–Trinajstić information content (AvgIpc) is 3.14. The molecular weight excluding hydrogens is 481 g/mol. The van der Waals surface area contributed by atoms with Crippen molar-refractivity contribution in [3.63, 3.8) is 0 Å². The molecule has 3 rings (SSSR count). The van der Waals surface area contributed by atoms with E-state index in [1.165, 1.54) is 34.6 Å². The molecule has 0 spiro atoms. The molecule has 0 aliphatic heterocycles. The highest BCUT2D eigenvalue weighted by Crippen LogP contribution is 2.32. The Morgan fingerprint density at radius 2 is 1.69 bits per heavy atom. The highest BCUT2D eigenvalue weighted by Gasteiger charge is 2.31. The van der Waals surface area contributed by atoms with Crippen molar-refractivity contribution in [2.75, 3.05) is 18.4 Å².